The van der Waals surface area contributed by atoms with Crippen molar-refractivity contribution < 1.29 is 4.79 Å². The van der Waals surface area contributed by atoms with E-state index in [0.29, 0.717) is 6.54 Å². The van der Waals surface area contributed by atoms with Crippen LogP contribution >= 0.6 is 0 Å². The maximum atomic E-state index is 11.6. The molecule has 0 aromatic carbocycles. The Balaban J connectivity index is 1.86. The fourth-order valence-electron chi connectivity index (χ4n) is 1.88. The Hall–Kier alpha value is -1.42. The van der Waals surface area contributed by atoms with Crippen molar-refractivity contribution in [1.29, 1.82) is 0 Å². The molecule has 2 rings (SSSR count). The number of hydrogen-bond donors (Lipinski definition) is 2. The average Bonchev–Trinajstić information content (AvgIpc) is 2.53. The van der Waals surface area contributed by atoms with Crippen LogP contribution in [-0.2, 0) is 11.3 Å². The van der Waals surface area contributed by atoms with E-state index in [2.05, 4.69) is 15.6 Å². The van der Waals surface area contributed by atoms with Gasteiger partial charge >= 0.3 is 0 Å². The number of carbonyl (C=O) groups excluding carboxylic acids is 1. The molecule has 0 radical (unpaired) electrons. The van der Waals surface area contributed by atoms with Crippen LogP contribution < -0.4 is 10.6 Å². The van der Waals surface area contributed by atoms with Crippen molar-refractivity contribution in [3.05, 3.63) is 30.1 Å². The van der Waals surface area contributed by atoms with Crippen molar-refractivity contribution in [3.63, 3.8) is 0 Å². The van der Waals surface area contributed by atoms with E-state index < -0.39 is 0 Å². The monoisotopic (exact) mass is 219 g/mol. The summed E-state index contributed by atoms with van der Waals surface area (Å²) in [6, 6.07) is 3.86. The molecule has 1 unspecified atom stereocenters. The summed E-state index contributed by atoms with van der Waals surface area (Å²) in [5.74, 6) is 0.126. The summed E-state index contributed by atoms with van der Waals surface area (Å²) in [6.45, 7) is 1.51. The molecule has 16 heavy (non-hydrogen) atoms. The summed E-state index contributed by atoms with van der Waals surface area (Å²) >= 11 is 0. The van der Waals surface area contributed by atoms with E-state index in [1.54, 1.807) is 6.20 Å². The molecule has 0 spiro atoms. The maximum absolute atomic E-state index is 11.6. The molecule has 1 amide bonds. The van der Waals surface area contributed by atoms with Crippen LogP contribution in [0, 0.1) is 0 Å². The van der Waals surface area contributed by atoms with Crippen LogP contribution in [0.5, 0.6) is 0 Å². The molecule has 4 heteroatoms. The van der Waals surface area contributed by atoms with Gasteiger partial charge in [-0.25, -0.2) is 0 Å². The Morgan fingerprint density at radius 2 is 2.44 bits per heavy atom. The largest absolute Gasteiger partial charge is 0.355 e. The van der Waals surface area contributed by atoms with Gasteiger partial charge in [-0.2, -0.15) is 0 Å². The standard InChI is InChI=1S/C12H17N3O/c16-12-11(5-1-2-7-14-12)15-9-10-4-3-6-13-8-10/h3-4,6,8,11,15H,1-2,5,7,9H2,(H,14,16). The smallest absolute Gasteiger partial charge is 0.237 e. The van der Waals surface area contributed by atoms with Crippen molar-refractivity contribution in [3.8, 4) is 0 Å². The molecule has 0 aliphatic carbocycles. The number of nitrogens with one attached hydrogen (secondary N) is 2. The summed E-state index contributed by atoms with van der Waals surface area (Å²) in [5, 5.41) is 6.19. The molecular formula is C12H17N3O. The number of rotatable bonds is 3. The molecule has 1 aliphatic rings. The summed E-state index contributed by atoms with van der Waals surface area (Å²) in [7, 11) is 0. The predicted molar refractivity (Wildman–Crippen MR) is 61.7 cm³/mol. The Morgan fingerprint density at radius 3 is 3.25 bits per heavy atom. The number of pyridine rings is 1. The number of hydrogen-bond acceptors (Lipinski definition) is 3. The third-order valence-corrected chi connectivity index (χ3v) is 2.81. The van der Waals surface area contributed by atoms with E-state index >= 15 is 0 Å². The Labute approximate surface area is 95.5 Å². The fraction of sp³-hybridized carbons (Fsp3) is 0.500. The van der Waals surface area contributed by atoms with Crippen LogP contribution in [0.15, 0.2) is 24.5 Å². The van der Waals surface area contributed by atoms with Crippen molar-refractivity contribution >= 4 is 5.91 Å². The number of amides is 1. The molecule has 2 N–H and O–H groups in total. The Bertz CT molecular complexity index is 339. The Morgan fingerprint density at radius 1 is 1.50 bits per heavy atom. The highest BCUT2D eigenvalue weighted by Crippen LogP contribution is 2.06. The highest BCUT2D eigenvalue weighted by molar-refractivity contribution is 5.81. The first-order valence-electron chi connectivity index (χ1n) is 5.76. The van der Waals surface area contributed by atoms with Gasteiger partial charge in [-0.05, 0) is 30.9 Å². The molecule has 4 nitrogen and oxygen atoms in total. The molecule has 1 atom stereocenters. The summed E-state index contributed by atoms with van der Waals surface area (Å²) in [4.78, 5) is 15.7. The van der Waals surface area contributed by atoms with Crippen LogP contribution in [0.1, 0.15) is 24.8 Å². The first kappa shape index (κ1) is 11.1. The fourth-order valence-corrected chi connectivity index (χ4v) is 1.88. The van der Waals surface area contributed by atoms with E-state index in [9.17, 15) is 4.79 Å². The predicted octanol–water partition coefficient (Wildman–Crippen LogP) is 0.840. The normalized spacial score (nSPS) is 21.2. The third-order valence-electron chi connectivity index (χ3n) is 2.81. The van der Waals surface area contributed by atoms with Crippen molar-refractivity contribution in [2.45, 2.75) is 31.8 Å². The van der Waals surface area contributed by atoms with Crippen LogP contribution in [0.4, 0.5) is 0 Å². The van der Waals surface area contributed by atoms with Gasteiger partial charge < -0.3 is 10.6 Å². The maximum Gasteiger partial charge on any atom is 0.237 e. The van der Waals surface area contributed by atoms with Gasteiger partial charge in [0.05, 0.1) is 6.04 Å². The second kappa shape index (κ2) is 5.61. The number of nitrogens with zero attached hydrogens (tertiary/aromatic N) is 1. The zero-order valence-electron chi connectivity index (χ0n) is 9.28. The summed E-state index contributed by atoms with van der Waals surface area (Å²) in [6.07, 6.45) is 6.68. The first-order valence-corrected chi connectivity index (χ1v) is 5.76. The second-order valence-electron chi connectivity index (χ2n) is 4.08. The van der Waals surface area contributed by atoms with Crippen molar-refractivity contribution in [2.75, 3.05) is 6.54 Å². The quantitative estimate of drug-likeness (QED) is 0.792. The van der Waals surface area contributed by atoms with Gasteiger partial charge in [0.15, 0.2) is 0 Å². The molecule has 2 heterocycles. The average molecular weight is 219 g/mol. The number of aromatic nitrogens is 1. The zero-order chi connectivity index (χ0) is 11.2. The highest BCUT2D eigenvalue weighted by atomic mass is 16.2. The van der Waals surface area contributed by atoms with E-state index in [0.717, 1.165) is 31.4 Å². The highest BCUT2D eigenvalue weighted by Gasteiger charge is 2.19. The minimum Gasteiger partial charge on any atom is -0.355 e. The van der Waals surface area contributed by atoms with Gasteiger partial charge in [0.25, 0.3) is 0 Å². The molecular weight excluding hydrogens is 202 g/mol. The molecule has 86 valence electrons. The minimum atomic E-state index is -0.0530. The molecule has 0 saturated carbocycles. The van der Waals surface area contributed by atoms with Crippen molar-refractivity contribution in [1.82, 2.24) is 15.6 Å². The first-order chi connectivity index (χ1) is 7.86. The molecule has 1 aliphatic heterocycles. The van der Waals surface area contributed by atoms with Crippen LogP contribution in [0.25, 0.3) is 0 Å². The van der Waals surface area contributed by atoms with Gasteiger partial charge in [-0.1, -0.05) is 6.07 Å². The minimum absolute atomic E-state index is 0.0530. The van der Waals surface area contributed by atoms with E-state index in [1.807, 2.05) is 18.3 Å². The van der Waals surface area contributed by atoms with Crippen LogP contribution in [0.3, 0.4) is 0 Å². The summed E-state index contributed by atoms with van der Waals surface area (Å²) in [5.41, 5.74) is 1.11. The third kappa shape index (κ3) is 3.03. The molecule has 0 bridgehead atoms. The van der Waals surface area contributed by atoms with Crippen molar-refractivity contribution in [2.24, 2.45) is 0 Å². The lowest BCUT2D eigenvalue weighted by molar-refractivity contribution is -0.122. The van der Waals surface area contributed by atoms with Gasteiger partial charge in [0.2, 0.25) is 5.91 Å². The van der Waals surface area contributed by atoms with Crippen LogP contribution in [0.2, 0.25) is 0 Å². The van der Waals surface area contributed by atoms with Gasteiger partial charge in [0, 0.05) is 25.5 Å². The lowest BCUT2D eigenvalue weighted by Gasteiger charge is -2.14. The second-order valence-corrected chi connectivity index (χ2v) is 4.08. The van der Waals surface area contributed by atoms with Gasteiger partial charge in [0.1, 0.15) is 0 Å². The zero-order valence-corrected chi connectivity index (χ0v) is 9.28. The van der Waals surface area contributed by atoms with Gasteiger partial charge in [-0.15, -0.1) is 0 Å². The Kier molecular flexibility index (Phi) is 3.88. The SMILES string of the molecule is O=C1NCCCCC1NCc1cccnc1. The van der Waals surface area contributed by atoms with E-state index in [1.165, 1.54) is 0 Å². The molecule has 1 saturated heterocycles. The van der Waals surface area contributed by atoms with Gasteiger partial charge in [-0.3, -0.25) is 9.78 Å². The summed E-state index contributed by atoms with van der Waals surface area (Å²) < 4.78 is 0. The van der Waals surface area contributed by atoms with E-state index in [-0.39, 0.29) is 11.9 Å². The topological polar surface area (TPSA) is 54.0 Å². The van der Waals surface area contributed by atoms with E-state index in [4.69, 9.17) is 0 Å². The molecule has 1 aromatic rings. The van der Waals surface area contributed by atoms with Crippen LogP contribution in [-0.4, -0.2) is 23.5 Å². The lowest BCUT2D eigenvalue weighted by atomic mass is 10.1. The number of carbonyl (C=O) groups is 1. The lowest BCUT2D eigenvalue weighted by Crippen LogP contribution is -2.42. The molecule has 1 fully saturated rings. The molecule has 1 aromatic heterocycles.